The van der Waals surface area contributed by atoms with E-state index in [1.807, 2.05) is 13.8 Å². The lowest BCUT2D eigenvalue weighted by Crippen LogP contribution is -2.35. The van der Waals surface area contributed by atoms with Crippen LogP contribution in [0.15, 0.2) is 35.8 Å². The second kappa shape index (κ2) is 8.39. The van der Waals surface area contributed by atoms with Crippen molar-refractivity contribution in [3.05, 3.63) is 47.4 Å². The molecule has 0 aliphatic heterocycles. The Hall–Kier alpha value is -2.29. The predicted octanol–water partition coefficient (Wildman–Crippen LogP) is 3.33. The molecule has 0 saturated heterocycles. The molecule has 0 saturated carbocycles. The number of carbonyl (C=O) groups excluding carboxylic acids is 1. The summed E-state index contributed by atoms with van der Waals surface area (Å²) in [7, 11) is 0. The van der Waals surface area contributed by atoms with Crippen LogP contribution in [0.25, 0.3) is 16.2 Å². The first-order chi connectivity index (χ1) is 12.6. The molecular weight excluding hydrogens is 357 g/mol. The summed E-state index contributed by atoms with van der Waals surface area (Å²) < 4.78 is 25.7. The smallest absolute Gasteiger partial charge is 0.269 e. The van der Waals surface area contributed by atoms with Crippen molar-refractivity contribution in [3.63, 3.8) is 0 Å². The fourth-order valence-electron chi connectivity index (χ4n) is 2.51. The molecule has 0 spiro atoms. The van der Waals surface area contributed by atoms with Crippen LogP contribution in [0.5, 0.6) is 0 Å². The molecule has 0 atom stereocenters. The Bertz CT molecular complexity index is 870. The zero-order chi connectivity index (χ0) is 18.5. The largest absolute Gasteiger partial charge is 0.351 e. The molecule has 6 nitrogen and oxygen atoms in total. The average molecular weight is 377 g/mol. The van der Waals surface area contributed by atoms with Gasteiger partial charge in [-0.25, -0.2) is 9.37 Å². The van der Waals surface area contributed by atoms with E-state index in [-0.39, 0.29) is 18.3 Å². The highest BCUT2D eigenvalue weighted by Gasteiger charge is 2.17. The van der Waals surface area contributed by atoms with Crippen molar-refractivity contribution in [2.75, 3.05) is 19.8 Å². The van der Waals surface area contributed by atoms with Crippen molar-refractivity contribution < 1.29 is 18.7 Å². The van der Waals surface area contributed by atoms with Gasteiger partial charge in [-0.2, -0.15) is 0 Å². The van der Waals surface area contributed by atoms with Gasteiger partial charge in [-0.1, -0.05) is 0 Å². The second-order valence-corrected chi connectivity index (χ2v) is 6.29. The molecule has 0 aliphatic carbocycles. The van der Waals surface area contributed by atoms with Crippen LogP contribution in [0.2, 0.25) is 0 Å². The second-order valence-electron chi connectivity index (χ2n) is 5.46. The molecule has 0 unspecified atom stereocenters. The first-order valence-corrected chi connectivity index (χ1v) is 9.24. The number of ether oxygens (including phenoxy) is 2. The summed E-state index contributed by atoms with van der Waals surface area (Å²) >= 11 is 1.37. The van der Waals surface area contributed by atoms with E-state index in [1.54, 1.807) is 28.1 Å². The number of benzene rings is 1. The number of hydrogen-bond acceptors (Lipinski definition) is 5. The molecule has 2 heterocycles. The van der Waals surface area contributed by atoms with E-state index in [9.17, 15) is 9.18 Å². The first kappa shape index (κ1) is 18.5. The monoisotopic (exact) mass is 377 g/mol. The van der Waals surface area contributed by atoms with Gasteiger partial charge >= 0.3 is 0 Å². The van der Waals surface area contributed by atoms with Gasteiger partial charge in [-0.15, -0.1) is 11.3 Å². The number of aromatic nitrogens is 2. The topological polar surface area (TPSA) is 64.9 Å². The molecule has 8 heteroatoms. The van der Waals surface area contributed by atoms with Gasteiger partial charge in [0.15, 0.2) is 11.3 Å². The van der Waals surface area contributed by atoms with E-state index < -0.39 is 6.29 Å². The fourth-order valence-corrected chi connectivity index (χ4v) is 3.36. The van der Waals surface area contributed by atoms with Crippen molar-refractivity contribution in [1.29, 1.82) is 0 Å². The van der Waals surface area contributed by atoms with Gasteiger partial charge < -0.3 is 14.8 Å². The highest BCUT2D eigenvalue weighted by atomic mass is 32.1. The van der Waals surface area contributed by atoms with E-state index in [0.717, 1.165) is 5.56 Å². The van der Waals surface area contributed by atoms with Crippen molar-refractivity contribution in [2.24, 2.45) is 0 Å². The third-order valence-corrected chi connectivity index (χ3v) is 4.56. The Morgan fingerprint density at radius 2 is 1.96 bits per heavy atom. The molecule has 2 aromatic heterocycles. The van der Waals surface area contributed by atoms with Gasteiger partial charge in [0.2, 0.25) is 0 Å². The van der Waals surface area contributed by atoms with Crippen LogP contribution in [0, 0.1) is 5.82 Å². The van der Waals surface area contributed by atoms with E-state index in [4.69, 9.17) is 9.47 Å². The molecule has 0 fully saturated rings. The van der Waals surface area contributed by atoms with Crippen molar-refractivity contribution in [1.82, 2.24) is 14.7 Å². The number of nitrogens with one attached hydrogen (secondary N) is 1. The number of carbonyl (C=O) groups is 1. The lowest BCUT2D eigenvalue weighted by Gasteiger charge is -2.17. The molecule has 1 amide bonds. The Kier molecular flexibility index (Phi) is 5.97. The van der Waals surface area contributed by atoms with Crippen LogP contribution in [0.1, 0.15) is 24.3 Å². The number of nitrogens with zero attached hydrogens (tertiary/aromatic N) is 2. The van der Waals surface area contributed by atoms with Crippen molar-refractivity contribution >= 4 is 22.2 Å². The minimum atomic E-state index is -0.472. The van der Waals surface area contributed by atoms with Gasteiger partial charge in [0.05, 0.1) is 12.2 Å². The number of imidazole rings is 1. The van der Waals surface area contributed by atoms with Gasteiger partial charge in [-0.05, 0) is 38.1 Å². The molecule has 0 aliphatic rings. The predicted molar refractivity (Wildman–Crippen MR) is 97.8 cm³/mol. The Labute approximate surface area is 154 Å². The molecule has 1 N–H and O–H groups in total. The summed E-state index contributed by atoms with van der Waals surface area (Å²) in [4.78, 5) is 17.7. The number of halogens is 1. The van der Waals surface area contributed by atoms with Crippen LogP contribution in [0.4, 0.5) is 4.39 Å². The van der Waals surface area contributed by atoms with E-state index in [1.165, 1.54) is 23.5 Å². The number of rotatable bonds is 8. The zero-order valence-corrected chi connectivity index (χ0v) is 15.4. The quantitative estimate of drug-likeness (QED) is 0.612. The third kappa shape index (κ3) is 4.09. The minimum absolute atomic E-state index is 0.233. The highest BCUT2D eigenvalue weighted by molar-refractivity contribution is 7.15. The lowest BCUT2D eigenvalue weighted by molar-refractivity contribution is -0.131. The van der Waals surface area contributed by atoms with Crippen molar-refractivity contribution in [3.8, 4) is 11.3 Å². The number of amides is 1. The van der Waals surface area contributed by atoms with Crippen LogP contribution in [-0.4, -0.2) is 41.3 Å². The summed E-state index contributed by atoms with van der Waals surface area (Å²) in [6.07, 6.45) is 1.30. The average Bonchev–Trinajstić information content (AvgIpc) is 3.21. The summed E-state index contributed by atoms with van der Waals surface area (Å²) in [5.74, 6) is -0.531. The number of thiazole rings is 1. The third-order valence-electron chi connectivity index (χ3n) is 3.72. The molecule has 26 heavy (non-hydrogen) atoms. The maximum absolute atomic E-state index is 13.1. The first-order valence-electron chi connectivity index (χ1n) is 8.36. The highest BCUT2D eigenvalue weighted by Crippen LogP contribution is 2.24. The SMILES string of the molecule is CCOC(CNC(=O)c1csc2nc(-c3ccc(F)cc3)cn12)OCC. The van der Waals surface area contributed by atoms with Crippen LogP contribution < -0.4 is 5.32 Å². The fraction of sp³-hybridized carbons (Fsp3) is 0.333. The summed E-state index contributed by atoms with van der Waals surface area (Å²) in [6.45, 7) is 5.02. The maximum Gasteiger partial charge on any atom is 0.269 e. The normalized spacial score (nSPS) is 11.4. The summed E-state index contributed by atoms with van der Waals surface area (Å²) in [5, 5.41) is 4.58. The Morgan fingerprint density at radius 3 is 2.62 bits per heavy atom. The minimum Gasteiger partial charge on any atom is -0.351 e. The van der Waals surface area contributed by atoms with E-state index in [2.05, 4.69) is 10.3 Å². The van der Waals surface area contributed by atoms with Gasteiger partial charge in [0, 0.05) is 30.4 Å². The van der Waals surface area contributed by atoms with Gasteiger partial charge in [-0.3, -0.25) is 9.20 Å². The van der Waals surface area contributed by atoms with Crippen LogP contribution in [-0.2, 0) is 9.47 Å². The molecule has 0 radical (unpaired) electrons. The zero-order valence-electron chi connectivity index (χ0n) is 14.6. The molecule has 1 aromatic carbocycles. The molecular formula is C18H20FN3O3S. The van der Waals surface area contributed by atoms with Gasteiger partial charge in [0.1, 0.15) is 11.5 Å². The van der Waals surface area contributed by atoms with Crippen LogP contribution in [0.3, 0.4) is 0 Å². The lowest BCUT2D eigenvalue weighted by atomic mass is 10.2. The van der Waals surface area contributed by atoms with E-state index >= 15 is 0 Å². The van der Waals surface area contributed by atoms with Crippen LogP contribution >= 0.6 is 11.3 Å². The molecule has 0 bridgehead atoms. The summed E-state index contributed by atoms with van der Waals surface area (Å²) in [6, 6.07) is 6.10. The Balaban J connectivity index is 1.75. The molecule has 3 rings (SSSR count). The van der Waals surface area contributed by atoms with Crippen molar-refractivity contribution in [2.45, 2.75) is 20.1 Å². The molecule has 3 aromatic rings. The standard InChI is InChI=1S/C18H20FN3O3S/c1-3-24-16(25-4-2)9-20-17(23)15-11-26-18-21-14(10-22(15)18)12-5-7-13(19)8-6-12/h5-8,10-11,16H,3-4,9H2,1-2H3,(H,20,23). The van der Waals surface area contributed by atoms with Gasteiger partial charge in [0.25, 0.3) is 5.91 Å². The molecule has 138 valence electrons. The Morgan fingerprint density at radius 1 is 1.27 bits per heavy atom. The number of fused-ring (bicyclic) bond motifs is 1. The number of hydrogen-bond donors (Lipinski definition) is 1. The van der Waals surface area contributed by atoms with E-state index in [0.29, 0.717) is 29.6 Å². The summed E-state index contributed by atoms with van der Waals surface area (Å²) in [5.41, 5.74) is 1.96. The maximum atomic E-state index is 13.1.